The molecule has 1 aliphatic rings. The van der Waals surface area contributed by atoms with E-state index >= 15 is 0 Å². The fourth-order valence-corrected chi connectivity index (χ4v) is 2.05. The number of aromatic nitrogens is 1. The summed E-state index contributed by atoms with van der Waals surface area (Å²) in [7, 11) is 3.12. The zero-order valence-electron chi connectivity index (χ0n) is 9.17. The first-order chi connectivity index (χ1) is 7.24. The molecule has 82 valence electrons. The third kappa shape index (κ3) is 1.77. The number of H-pyrrole nitrogens is 1. The van der Waals surface area contributed by atoms with Crippen LogP contribution in [0.1, 0.15) is 34.5 Å². The van der Waals surface area contributed by atoms with E-state index < -0.39 is 0 Å². The summed E-state index contributed by atoms with van der Waals surface area (Å²) in [6.07, 6.45) is 6.42. The summed E-state index contributed by atoms with van der Waals surface area (Å²) in [5.41, 5.74) is 3.15. The van der Waals surface area contributed by atoms with Crippen molar-refractivity contribution in [2.45, 2.75) is 25.7 Å². The molecule has 0 fully saturated rings. The van der Waals surface area contributed by atoms with E-state index in [0.717, 1.165) is 12.8 Å². The molecule has 1 amide bonds. The first-order valence-electron chi connectivity index (χ1n) is 5.25. The maximum absolute atomic E-state index is 11.9. The van der Waals surface area contributed by atoms with Gasteiger partial charge in [0.05, 0.1) is 7.11 Å². The van der Waals surface area contributed by atoms with Crippen LogP contribution in [0, 0.1) is 0 Å². The molecular formula is C11H16N2O2. The maximum atomic E-state index is 11.9. The zero-order chi connectivity index (χ0) is 10.8. The standard InChI is InChI=1S/C11H16N2O2/c1-13(15-2)11(14)10-9-6-4-3-5-8(9)7-12-10/h7,12H,3-6H2,1-2H3. The van der Waals surface area contributed by atoms with Crippen molar-refractivity contribution < 1.29 is 9.63 Å². The van der Waals surface area contributed by atoms with E-state index in [9.17, 15) is 4.79 Å². The van der Waals surface area contributed by atoms with Gasteiger partial charge in [0.2, 0.25) is 0 Å². The van der Waals surface area contributed by atoms with E-state index in [-0.39, 0.29) is 5.91 Å². The van der Waals surface area contributed by atoms with Crippen LogP contribution in [0.2, 0.25) is 0 Å². The van der Waals surface area contributed by atoms with Crippen molar-refractivity contribution in [1.29, 1.82) is 0 Å². The summed E-state index contributed by atoms with van der Waals surface area (Å²) in [6, 6.07) is 0. The van der Waals surface area contributed by atoms with Gasteiger partial charge in [-0.25, -0.2) is 5.06 Å². The third-order valence-electron chi connectivity index (χ3n) is 2.98. The molecule has 0 unspecified atom stereocenters. The molecule has 1 heterocycles. The van der Waals surface area contributed by atoms with Crippen molar-refractivity contribution in [2.75, 3.05) is 14.2 Å². The van der Waals surface area contributed by atoms with Crippen LogP contribution in [0.25, 0.3) is 0 Å². The van der Waals surface area contributed by atoms with Crippen molar-refractivity contribution >= 4 is 5.91 Å². The van der Waals surface area contributed by atoms with Gasteiger partial charge in [-0.1, -0.05) is 0 Å². The predicted molar refractivity (Wildman–Crippen MR) is 56.5 cm³/mol. The van der Waals surface area contributed by atoms with Crippen LogP contribution in [0.15, 0.2) is 6.20 Å². The van der Waals surface area contributed by atoms with Crippen molar-refractivity contribution in [3.05, 3.63) is 23.0 Å². The lowest BCUT2D eigenvalue weighted by atomic mass is 9.94. The smallest absolute Gasteiger partial charge is 0.293 e. The molecule has 0 atom stereocenters. The van der Waals surface area contributed by atoms with Crippen LogP contribution in [-0.2, 0) is 17.7 Å². The number of hydrogen-bond acceptors (Lipinski definition) is 2. The fourth-order valence-electron chi connectivity index (χ4n) is 2.05. The highest BCUT2D eigenvalue weighted by molar-refractivity contribution is 5.93. The van der Waals surface area contributed by atoms with Crippen LogP contribution < -0.4 is 0 Å². The topological polar surface area (TPSA) is 45.3 Å². The van der Waals surface area contributed by atoms with Crippen molar-refractivity contribution in [3.63, 3.8) is 0 Å². The number of nitrogens with zero attached hydrogens (tertiary/aromatic N) is 1. The molecule has 1 aromatic heterocycles. The maximum Gasteiger partial charge on any atom is 0.293 e. The molecule has 4 heteroatoms. The SMILES string of the molecule is CON(C)C(=O)c1[nH]cc2c1CCCC2. The lowest BCUT2D eigenvalue weighted by Crippen LogP contribution is -2.26. The van der Waals surface area contributed by atoms with Crippen molar-refractivity contribution in [3.8, 4) is 0 Å². The number of aryl methyl sites for hydroxylation is 1. The summed E-state index contributed by atoms with van der Waals surface area (Å²) >= 11 is 0. The molecular weight excluding hydrogens is 192 g/mol. The third-order valence-corrected chi connectivity index (χ3v) is 2.98. The van der Waals surface area contributed by atoms with E-state index in [1.54, 1.807) is 7.05 Å². The van der Waals surface area contributed by atoms with Gasteiger partial charge >= 0.3 is 0 Å². The van der Waals surface area contributed by atoms with Gasteiger partial charge in [-0.3, -0.25) is 9.63 Å². The molecule has 15 heavy (non-hydrogen) atoms. The summed E-state index contributed by atoms with van der Waals surface area (Å²) in [5, 5.41) is 1.25. The van der Waals surface area contributed by atoms with Gasteiger partial charge in [-0.15, -0.1) is 0 Å². The van der Waals surface area contributed by atoms with Crippen molar-refractivity contribution in [2.24, 2.45) is 0 Å². The minimum Gasteiger partial charge on any atom is -0.357 e. The molecule has 0 saturated heterocycles. The lowest BCUT2D eigenvalue weighted by molar-refractivity contribution is -0.0760. The van der Waals surface area contributed by atoms with E-state index in [0.29, 0.717) is 5.69 Å². The molecule has 2 rings (SSSR count). The van der Waals surface area contributed by atoms with Crippen LogP contribution in [0.5, 0.6) is 0 Å². The number of rotatable bonds is 2. The first-order valence-corrected chi connectivity index (χ1v) is 5.25. The average Bonchev–Trinajstić information content (AvgIpc) is 2.70. The van der Waals surface area contributed by atoms with Gasteiger partial charge in [0.15, 0.2) is 0 Å². The predicted octanol–water partition coefficient (Wildman–Crippen LogP) is 1.53. The van der Waals surface area contributed by atoms with Crippen LogP contribution in [0.4, 0.5) is 0 Å². The quantitative estimate of drug-likeness (QED) is 0.749. The highest BCUT2D eigenvalue weighted by atomic mass is 16.7. The van der Waals surface area contributed by atoms with Gasteiger partial charge in [-0.05, 0) is 36.8 Å². The second kappa shape index (κ2) is 4.06. The molecule has 0 spiro atoms. The van der Waals surface area contributed by atoms with Crippen LogP contribution in [0.3, 0.4) is 0 Å². The van der Waals surface area contributed by atoms with Gasteiger partial charge in [0.25, 0.3) is 5.91 Å². The molecule has 0 aliphatic heterocycles. The fraction of sp³-hybridized carbons (Fsp3) is 0.545. The number of amides is 1. The summed E-state index contributed by atoms with van der Waals surface area (Å²) in [4.78, 5) is 19.8. The molecule has 1 N–H and O–H groups in total. The molecule has 0 bridgehead atoms. The second-order valence-electron chi connectivity index (χ2n) is 3.86. The average molecular weight is 208 g/mol. The normalized spacial score (nSPS) is 14.8. The minimum atomic E-state index is -0.0966. The Labute approximate surface area is 89.2 Å². The number of nitrogens with one attached hydrogen (secondary N) is 1. The van der Waals surface area contributed by atoms with Gasteiger partial charge in [0.1, 0.15) is 5.69 Å². The minimum absolute atomic E-state index is 0.0966. The molecule has 4 nitrogen and oxygen atoms in total. The monoisotopic (exact) mass is 208 g/mol. The molecule has 0 radical (unpaired) electrons. The number of hydroxylamine groups is 2. The Morgan fingerprint density at radius 2 is 2.20 bits per heavy atom. The second-order valence-corrected chi connectivity index (χ2v) is 3.86. The van der Waals surface area contributed by atoms with Gasteiger partial charge in [-0.2, -0.15) is 0 Å². The summed E-state index contributed by atoms with van der Waals surface area (Å²) in [5.74, 6) is -0.0966. The largest absolute Gasteiger partial charge is 0.357 e. The number of aromatic amines is 1. The van der Waals surface area contributed by atoms with E-state index in [1.807, 2.05) is 6.20 Å². The summed E-state index contributed by atoms with van der Waals surface area (Å²) in [6.45, 7) is 0. The zero-order valence-corrected chi connectivity index (χ0v) is 9.17. The number of hydrogen-bond donors (Lipinski definition) is 1. The molecule has 1 aliphatic carbocycles. The number of carbonyl (C=O) groups is 1. The number of carbonyl (C=O) groups excluding carboxylic acids is 1. The Hall–Kier alpha value is -1.29. The molecule has 1 aromatic rings. The highest BCUT2D eigenvalue weighted by Gasteiger charge is 2.22. The van der Waals surface area contributed by atoms with E-state index in [2.05, 4.69) is 4.98 Å². The lowest BCUT2D eigenvalue weighted by Gasteiger charge is -2.16. The van der Waals surface area contributed by atoms with Gasteiger partial charge in [0, 0.05) is 13.2 Å². The molecule has 0 saturated carbocycles. The Morgan fingerprint density at radius 3 is 2.93 bits per heavy atom. The first kappa shape index (κ1) is 10.2. The van der Waals surface area contributed by atoms with Crippen molar-refractivity contribution in [1.82, 2.24) is 10.0 Å². The Kier molecular flexibility index (Phi) is 2.77. The van der Waals surface area contributed by atoms with Gasteiger partial charge < -0.3 is 4.98 Å². The summed E-state index contributed by atoms with van der Waals surface area (Å²) < 4.78 is 0. The Morgan fingerprint density at radius 1 is 1.47 bits per heavy atom. The Balaban J connectivity index is 2.28. The Bertz CT molecular complexity index is 371. The van der Waals surface area contributed by atoms with Crippen LogP contribution in [-0.4, -0.2) is 30.1 Å². The highest BCUT2D eigenvalue weighted by Crippen LogP contribution is 2.24. The molecule has 0 aromatic carbocycles. The van der Waals surface area contributed by atoms with E-state index in [4.69, 9.17) is 4.84 Å². The van der Waals surface area contributed by atoms with Crippen LogP contribution >= 0.6 is 0 Å². The van der Waals surface area contributed by atoms with E-state index in [1.165, 1.54) is 36.1 Å². The number of fused-ring (bicyclic) bond motifs is 1.